The number of rotatable bonds is 4. The standard InChI is InChI=1S/C17H20ClN3O2/c1-17(2,3)21-12-7-8-19-14(10-12)16(22)20-13-9-11(18)5-6-15(13)23-4/h5-10H,1-4H3,(H,19,21)(H,20,22). The lowest BCUT2D eigenvalue weighted by Gasteiger charge is -2.22. The minimum Gasteiger partial charge on any atom is -0.495 e. The monoisotopic (exact) mass is 333 g/mol. The van der Waals surface area contributed by atoms with E-state index in [2.05, 4.69) is 15.6 Å². The van der Waals surface area contributed by atoms with Gasteiger partial charge >= 0.3 is 0 Å². The van der Waals surface area contributed by atoms with E-state index in [4.69, 9.17) is 16.3 Å². The van der Waals surface area contributed by atoms with Crippen molar-refractivity contribution in [3.63, 3.8) is 0 Å². The average Bonchev–Trinajstić information content (AvgIpc) is 2.46. The molecule has 0 aliphatic carbocycles. The average molecular weight is 334 g/mol. The van der Waals surface area contributed by atoms with E-state index in [-0.39, 0.29) is 11.4 Å². The first-order valence-electron chi connectivity index (χ1n) is 7.17. The number of halogens is 1. The van der Waals surface area contributed by atoms with Gasteiger partial charge in [-0.15, -0.1) is 0 Å². The van der Waals surface area contributed by atoms with Crippen LogP contribution in [0.15, 0.2) is 36.5 Å². The summed E-state index contributed by atoms with van der Waals surface area (Å²) < 4.78 is 5.22. The molecule has 1 aromatic carbocycles. The first-order valence-corrected chi connectivity index (χ1v) is 7.55. The molecule has 0 saturated carbocycles. The summed E-state index contributed by atoms with van der Waals surface area (Å²) in [7, 11) is 1.53. The van der Waals surface area contributed by atoms with Crippen LogP contribution in [0.1, 0.15) is 31.3 Å². The van der Waals surface area contributed by atoms with Gasteiger partial charge in [0.25, 0.3) is 5.91 Å². The van der Waals surface area contributed by atoms with Gasteiger partial charge in [0.1, 0.15) is 11.4 Å². The lowest BCUT2D eigenvalue weighted by atomic mass is 10.1. The molecule has 0 spiro atoms. The van der Waals surface area contributed by atoms with Gasteiger partial charge in [0, 0.05) is 22.4 Å². The van der Waals surface area contributed by atoms with Gasteiger partial charge in [0.05, 0.1) is 12.8 Å². The second-order valence-corrected chi connectivity index (χ2v) is 6.54. The largest absolute Gasteiger partial charge is 0.495 e. The molecule has 2 aromatic rings. The Morgan fingerprint density at radius 3 is 2.61 bits per heavy atom. The number of anilines is 2. The molecule has 0 saturated heterocycles. The Balaban J connectivity index is 2.21. The minimum absolute atomic E-state index is 0.106. The minimum atomic E-state index is -0.330. The van der Waals surface area contributed by atoms with E-state index in [1.165, 1.54) is 7.11 Å². The van der Waals surface area contributed by atoms with Crippen molar-refractivity contribution in [2.45, 2.75) is 26.3 Å². The van der Waals surface area contributed by atoms with Crippen LogP contribution in [-0.4, -0.2) is 23.5 Å². The van der Waals surface area contributed by atoms with Crippen LogP contribution in [0.25, 0.3) is 0 Å². The van der Waals surface area contributed by atoms with Crippen molar-refractivity contribution in [2.24, 2.45) is 0 Å². The number of nitrogens with one attached hydrogen (secondary N) is 2. The van der Waals surface area contributed by atoms with E-state index >= 15 is 0 Å². The number of aromatic nitrogens is 1. The fraction of sp³-hybridized carbons (Fsp3) is 0.294. The van der Waals surface area contributed by atoms with Gasteiger partial charge in [0.2, 0.25) is 0 Å². The number of amides is 1. The van der Waals surface area contributed by atoms with Gasteiger partial charge < -0.3 is 15.4 Å². The van der Waals surface area contributed by atoms with Crippen molar-refractivity contribution in [3.05, 3.63) is 47.2 Å². The number of ether oxygens (including phenoxy) is 1. The normalized spacial score (nSPS) is 11.0. The highest BCUT2D eigenvalue weighted by molar-refractivity contribution is 6.31. The smallest absolute Gasteiger partial charge is 0.274 e. The third kappa shape index (κ3) is 4.86. The zero-order chi connectivity index (χ0) is 17.0. The molecule has 1 heterocycles. The summed E-state index contributed by atoms with van der Waals surface area (Å²) >= 11 is 5.97. The predicted octanol–water partition coefficient (Wildman–Crippen LogP) is 4.21. The molecule has 0 bridgehead atoms. The summed E-state index contributed by atoms with van der Waals surface area (Å²) in [5.74, 6) is 0.204. The van der Waals surface area contributed by atoms with Crippen molar-refractivity contribution in [1.29, 1.82) is 0 Å². The zero-order valence-corrected chi connectivity index (χ0v) is 14.4. The van der Waals surface area contributed by atoms with Gasteiger partial charge in [-0.3, -0.25) is 9.78 Å². The third-order valence-corrected chi connectivity index (χ3v) is 3.16. The molecule has 5 nitrogen and oxygen atoms in total. The fourth-order valence-electron chi connectivity index (χ4n) is 2.03. The van der Waals surface area contributed by atoms with Gasteiger partial charge in [-0.2, -0.15) is 0 Å². The van der Waals surface area contributed by atoms with Crippen molar-refractivity contribution in [2.75, 3.05) is 17.7 Å². The maximum Gasteiger partial charge on any atom is 0.274 e. The molecular formula is C17H20ClN3O2. The number of nitrogens with zero attached hydrogens (tertiary/aromatic N) is 1. The Hall–Kier alpha value is -2.27. The number of hydrogen-bond donors (Lipinski definition) is 2. The topological polar surface area (TPSA) is 63.2 Å². The van der Waals surface area contributed by atoms with E-state index in [0.29, 0.717) is 22.2 Å². The lowest BCUT2D eigenvalue weighted by Crippen LogP contribution is -2.26. The molecule has 0 atom stereocenters. The highest BCUT2D eigenvalue weighted by Crippen LogP contribution is 2.28. The predicted molar refractivity (Wildman–Crippen MR) is 93.6 cm³/mol. The number of carbonyl (C=O) groups excluding carboxylic acids is 1. The first kappa shape index (κ1) is 17.1. The molecule has 2 rings (SSSR count). The molecule has 0 aliphatic rings. The molecule has 0 radical (unpaired) electrons. The number of carbonyl (C=O) groups is 1. The molecule has 2 N–H and O–H groups in total. The van der Waals surface area contributed by atoms with Gasteiger partial charge in [0.15, 0.2) is 0 Å². The maximum absolute atomic E-state index is 12.4. The Kier molecular flexibility index (Phi) is 5.11. The van der Waals surface area contributed by atoms with Crippen LogP contribution in [-0.2, 0) is 0 Å². The van der Waals surface area contributed by atoms with Gasteiger partial charge in [-0.25, -0.2) is 0 Å². The van der Waals surface area contributed by atoms with Crippen LogP contribution in [0.3, 0.4) is 0 Å². The molecule has 0 unspecified atom stereocenters. The summed E-state index contributed by atoms with van der Waals surface area (Å²) in [5.41, 5.74) is 1.53. The number of pyridine rings is 1. The first-order chi connectivity index (χ1) is 10.8. The molecule has 0 fully saturated rings. The van der Waals surface area contributed by atoms with Crippen LogP contribution in [0, 0.1) is 0 Å². The molecule has 23 heavy (non-hydrogen) atoms. The van der Waals surface area contributed by atoms with E-state index in [1.54, 1.807) is 30.5 Å². The molecule has 1 aromatic heterocycles. The summed E-state index contributed by atoms with van der Waals surface area (Å²) in [6.45, 7) is 6.14. The lowest BCUT2D eigenvalue weighted by molar-refractivity contribution is 0.102. The SMILES string of the molecule is COc1ccc(Cl)cc1NC(=O)c1cc(NC(C)(C)C)ccn1. The number of methoxy groups -OCH3 is 1. The van der Waals surface area contributed by atoms with Crippen LogP contribution in [0.5, 0.6) is 5.75 Å². The molecule has 1 amide bonds. The Labute approximate surface area is 141 Å². The van der Waals surface area contributed by atoms with Crippen molar-refractivity contribution < 1.29 is 9.53 Å². The van der Waals surface area contributed by atoms with Crippen molar-refractivity contribution >= 4 is 28.9 Å². The Bertz CT molecular complexity index is 711. The van der Waals surface area contributed by atoms with Crippen LogP contribution >= 0.6 is 11.6 Å². The fourth-order valence-corrected chi connectivity index (χ4v) is 2.20. The van der Waals surface area contributed by atoms with Crippen molar-refractivity contribution in [1.82, 2.24) is 4.98 Å². The van der Waals surface area contributed by atoms with Crippen molar-refractivity contribution in [3.8, 4) is 5.75 Å². The quantitative estimate of drug-likeness (QED) is 0.880. The number of hydrogen-bond acceptors (Lipinski definition) is 4. The maximum atomic E-state index is 12.4. The highest BCUT2D eigenvalue weighted by atomic mass is 35.5. The van der Waals surface area contributed by atoms with Crippen LogP contribution in [0.4, 0.5) is 11.4 Å². The second-order valence-electron chi connectivity index (χ2n) is 6.10. The Morgan fingerprint density at radius 1 is 1.22 bits per heavy atom. The van der Waals surface area contributed by atoms with E-state index in [9.17, 15) is 4.79 Å². The molecular weight excluding hydrogens is 314 g/mol. The molecule has 6 heteroatoms. The van der Waals surface area contributed by atoms with Crippen LogP contribution in [0.2, 0.25) is 5.02 Å². The van der Waals surface area contributed by atoms with E-state index in [1.807, 2.05) is 26.8 Å². The number of benzene rings is 1. The summed E-state index contributed by atoms with van der Waals surface area (Å²) in [4.78, 5) is 16.5. The molecule has 0 aliphatic heterocycles. The second kappa shape index (κ2) is 6.87. The zero-order valence-electron chi connectivity index (χ0n) is 13.6. The van der Waals surface area contributed by atoms with Gasteiger partial charge in [-0.05, 0) is 51.1 Å². The summed E-state index contributed by atoms with van der Waals surface area (Å²) in [6, 6.07) is 8.56. The Morgan fingerprint density at radius 2 is 1.96 bits per heavy atom. The molecule has 122 valence electrons. The van der Waals surface area contributed by atoms with Gasteiger partial charge in [-0.1, -0.05) is 11.6 Å². The van der Waals surface area contributed by atoms with E-state index < -0.39 is 0 Å². The summed E-state index contributed by atoms with van der Waals surface area (Å²) in [5, 5.41) is 6.59. The van der Waals surface area contributed by atoms with Crippen LogP contribution < -0.4 is 15.4 Å². The summed E-state index contributed by atoms with van der Waals surface area (Å²) in [6.07, 6.45) is 1.60. The third-order valence-electron chi connectivity index (χ3n) is 2.92. The van der Waals surface area contributed by atoms with E-state index in [0.717, 1.165) is 5.69 Å². The highest BCUT2D eigenvalue weighted by Gasteiger charge is 2.14.